The van der Waals surface area contributed by atoms with E-state index in [1.165, 1.54) is 6.07 Å². The minimum atomic E-state index is -0.257. The molecule has 4 heteroatoms. The van der Waals surface area contributed by atoms with E-state index < -0.39 is 0 Å². The average molecular weight is 274 g/mol. The van der Waals surface area contributed by atoms with E-state index in [0.717, 1.165) is 12.1 Å². The SMILES string of the molecule is CCNC(C)c1ccc(F)c(-c2cncc(OC)c2)c1. The van der Waals surface area contributed by atoms with E-state index in [1.54, 1.807) is 31.6 Å². The highest BCUT2D eigenvalue weighted by molar-refractivity contribution is 5.65. The molecule has 0 spiro atoms. The van der Waals surface area contributed by atoms with E-state index >= 15 is 0 Å². The van der Waals surface area contributed by atoms with Crippen molar-refractivity contribution < 1.29 is 9.13 Å². The van der Waals surface area contributed by atoms with Crippen LogP contribution in [0.1, 0.15) is 25.5 Å². The number of hydrogen-bond donors (Lipinski definition) is 1. The van der Waals surface area contributed by atoms with Gasteiger partial charge in [-0.2, -0.15) is 0 Å². The number of methoxy groups -OCH3 is 1. The number of hydrogen-bond acceptors (Lipinski definition) is 3. The Kier molecular flexibility index (Phi) is 4.69. The fourth-order valence-corrected chi connectivity index (χ4v) is 2.14. The molecule has 2 aromatic rings. The summed E-state index contributed by atoms with van der Waals surface area (Å²) in [5.74, 6) is 0.361. The third-order valence-electron chi connectivity index (χ3n) is 3.26. The summed E-state index contributed by atoms with van der Waals surface area (Å²) in [6.07, 6.45) is 3.25. The van der Waals surface area contributed by atoms with Gasteiger partial charge in [0.1, 0.15) is 11.6 Å². The van der Waals surface area contributed by atoms with Crippen LogP contribution >= 0.6 is 0 Å². The van der Waals surface area contributed by atoms with Crippen molar-refractivity contribution in [2.24, 2.45) is 0 Å². The van der Waals surface area contributed by atoms with Crippen LogP contribution in [0.25, 0.3) is 11.1 Å². The van der Waals surface area contributed by atoms with Crippen LogP contribution in [0, 0.1) is 5.82 Å². The van der Waals surface area contributed by atoms with Gasteiger partial charge in [-0.3, -0.25) is 4.98 Å². The highest BCUT2D eigenvalue weighted by Gasteiger charge is 2.11. The first-order valence-electron chi connectivity index (χ1n) is 6.68. The Bertz CT molecular complexity index is 586. The summed E-state index contributed by atoms with van der Waals surface area (Å²) in [4.78, 5) is 4.08. The molecule has 0 aliphatic heterocycles. The van der Waals surface area contributed by atoms with E-state index in [2.05, 4.69) is 17.2 Å². The van der Waals surface area contributed by atoms with Gasteiger partial charge in [0.15, 0.2) is 0 Å². The topological polar surface area (TPSA) is 34.2 Å². The second-order valence-corrected chi connectivity index (χ2v) is 4.63. The molecule has 1 aromatic carbocycles. The largest absolute Gasteiger partial charge is 0.495 e. The van der Waals surface area contributed by atoms with Gasteiger partial charge in [-0.15, -0.1) is 0 Å². The first kappa shape index (κ1) is 14.5. The molecule has 0 amide bonds. The van der Waals surface area contributed by atoms with E-state index in [4.69, 9.17) is 4.74 Å². The van der Waals surface area contributed by atoms with Gasteiger partial charge in [0.2, 0.25) is 0 Å². The molecule has 1 unspecified atom stereocenters. The minimum Gasteiger partial charge on any atom is -0.495 e. The van der Waals surface area contributed by atoms with Crippen LogP contribution in [0.15, 0.2) is 36.7 Å². The number of aromatic nitrogens is 1. The highest BCUT2D eigenvalue weighted by atomic mass is 19.1. The maximum absolute atomic E-state index is 14.1. The Morgan fingerprint density at radius 1 is 1.30 bits per heavy atom. The van der Waals surface area contributed by atoms with Crippen molar-refractivity contribution in [3.63, 3.8) is 0 Å². The second-order valence-electron chi connectivity index (χ2n) is 4.63. The molecule has 20 heavy (non-hydrogen) atoms. The minimum absolute atomic E-state index is 0.179. The van der Waals surface area contributed by atoms with Crippen LogP contribution in [0.3, 0.4) is 0 Å². The Balaban J connectivity index is 2.41. The van der Waals surface area contributed by atoms with Gasteiger partial charge in [0.25, 0.3) is 0 Å². The van der Waals surface area contributed by atoms with Gasteiger partial charge < -0.3 is 10.1 Å². The van der Waals surface area contributed by atoms with Crippen molar-refractivity contribution >= 4 is 0 Å². The molecular formula is C16H19FN2O. The van der Waals surface area contributed by atoms with E-state index in [1.807, 2.05) is 13.0 Å². The fourth-order valence-electron chi connectivity index (χ4n) is 2.14. The summed E-state index contributed by atoms with van der Waals surface area (Å²) in [7, 11) is 1.57. The van der Waals surface area contributed by atoms with Gasteiger partial charge in [0.05, 0.1) is 13.3 Å². The lowest BCUT2D eigenvalue weighted by Gasteiger charge is -2.14. The van der Waals surface area contributed by atoms with Crippen molar-refractivity contribution in [2.75, 3.05) is 13.7 Å². The smallest absolute Gasteiger partial charge is 0.137 e. The predicted molar refractivity (Wildman–Crippen MR) is 78.3 cm³/mol. The maximum Gasteiger partial charge on any atom is 0.137 e. The monoisotopic (exact) mass is 274 g/mol. The summed E-state index contributed by atoms with van der Waals surface area (Å²) in [6.45, 7) is 4.98. The summed E-state index contributed by atoms with van der Waals surface area (Å²) in [5, 5.41) is 3.32. The zero-order valence-corrected chi connectivity index (χ0v) is 12.0. The molecule has 3 nitrogen and oxygen atoms in total. The molecule has 0 saturated carbocycles. The number of halogens is 1. The highest BCUT2D eigenvalue weighted by Crippen LogP contribution is 2.28. The lowest BCUT2D eigenvalue weighted by molar-refractivity contribution is 0.413. The van der Waals surface area contributed by atoms with Crippen LogP contribution in [-0.2, 0) is 0 Å². The zero-order chi connectivity index (χ0) is 14.5. The van der Waals surface area contributed by atoms with Crippen LogP contribution in [0.4, 0.5) is 4.39 Å². The van der Waals surface area contributed by atoms with Gasteiger partial charge in [-0.1, -0.05) is 13.0 Å². The molecule has 1 aromatic heterocycles. The fraction of sp³-hybridized carbons (Fsp3) is 0.312. The van der Waals surface area contributed by atoms with Crippen molar-refractivity contribution in [1.82, 2.24) is 10.3 Å². The predicted octanol–water partition coefficient (Wildman–Crippen LogP) is 3.57. The third kappa shape index (κ3) is 3.14. The Labute approximate surface area is 118 Å². The first-order valence-corrected chi connectivity index (χ1v) is 6.68. The first-order chi connectivity index (χ1) is 9.65. The summed E-state index contributed by atoms with van der Waals surface area (Å²) >= 11 is 0. The molecule has 106 valence electrons. The standard InChI is InChI=1S/C16H19FN2O/c1-4-19-11(2)12-5-6-16(17)15(8-12)13-7-14(20-3)10-18-9-13/h5-11,19H,4H2,1-3H3. The number of benzene rings is 1. The van der Waals surface area contributed by atoms with E-state index in [0.29, 0.717) is 16.9 Å². The molecule has 0 fully saturated rings. The summed E-state index contributed by atoms with van der Waals surface area (Å²) in [6, 6.07) is 7.13. The van der Waals surface area contributed by atoms with E-state index in [9.17, 15) is 4.39 Å². The number of nitrogens with one attached hydrogen (secondary N) is 1. The van der Waals surface area contributed by atoms with Crippen LogP contribution in [0.2, 0.25) is 0 Å². The third-order valence-corrected chi connectivity index (χ3v) is 3.26. The molecule has 0 aliphatic rings. The van der Waals surface area contributed by atoms with Crippen molar-refractivity contribution in [2.45, 2.75) is 19.9 Å². The quantitative estimate of drug-likeness (QED) is 0.905. The number of rotatable bonds is 5. The Morgan fingerprint density at radius 2 is 2.10 bits per heavy atom. The summed E-state index contributed by atoms with van der Waals surface area (Å²) < 4.78 is 19.2. The normalized spacial score (nSPS) is 12.2. The van der Waals surface area contributed by atoms with Crippen LogP contribution < -0.4 is 10.1 Å². The van der Waals surface area contributed by atoms with Crippen molar-refractivity contribution in [1.29, 1.82) is 0 Å². The molecule has 0 radical (unpaired) electrons. The van der Waals surface area contributed by atoms with Gasteiger partial charge >= 0.3 is 0 Å². The van der Waals surface area contributed by atoms with Gasteiger partial charge in [-0.25, -0.2) is 4.39 Å². The molecule has 0 bridgehead atoms. The molecule has 1 heterocycles. The Morgan fingerprint density at radius 3 is 2.80 bits per heavy atom. The zero-order valence-electron chi connectivity index (χ0n) is 12.0. The van der Waals surface area contributed by atoms with Crippen LogP contribution in [-0.4, -0.2) is 18.6 Å². The van der Waals surface area contributed by atoms with Crippen LogP contribution in [0.5, 0.6) is 5.75 Å². The average Bonchev–Trinajstić information content (AvgIpc) is 2.48. The lowest BCUT2D eigenvalue weighted by atomic mass is 10.0. The number of nitrogens with zero attached hydrogens (tertiary/aromatic N) is 1. The second kappa shape index (κ2) is 6.48. The Hall–Kier alpha value is -1.94. The molecule has 0 saturated heterocycles. The molecule has 2 rings (SSSR count). The number of pyridine rings is 1. The molecular weight excluding hydrogens is 255 g/mol. The van der Waals surface area contributed by atoms with Gasteiger partial charge in [-0.05, 0) is 37.2 Å². The molecule has 1 atom stereocenters. The maximum atomic E-state index is 14.1. The molecule has 0 aliphatic carbocycles. The number of ether oxygens (including phenoxy) is 1. The van der Waals surface area contributed by atoms with E-state index in [-0.39, 0.29) is 11.9 Å². The van der Waals surface area contributed by atoms with Crippen molar-refractivity contribution in [3.05, 3.63) is 48.0 Å². The van der Waals surface area contributed by atoms with Gasteiger partial charge in [0, 0.05) is 23.4 Å². The van der Waals surface area contributed by atoms with Crippen molar-refractivity contribution in [3.8, 4) is 16.9 Å². The summed E-state index contributed by atoms with van der Waals surface area (Å²) in [5.41, 5.74) is 2.30. The lowest BCUT2D eigenvalue weighted by Crippen LogP contribution is -2.17. The molecule has 1 N–H and O–H groups in total.